The first-order valence-corrected chi connectivity index (χ1v) is 6.20. The molecule has 0 unspecified atom stereocenters. The highest BCUT2D eigenvalue weighted by molar-refractivity contribution is 5.44. The predicted molar refractivity (Wildman–Crippen MR) is 73.7 cm³/mol. The summed E-state index contributed by atoms with van der Waals surface area (Å²) in [5, 5.41) is 3.42. The average Bonchev–Trinajstić information content (AvgIpc) is 2.32. The van der Waals surface area contributed by atoms with E-state index in [9.17, 15) is 0 Å². The second-order valence-electron chi connectivity index (χ2n) is 4.44. The van der Waals surface area contributed by atoms with E-state index in [4.69, 9.17) is 4.74 Å². The van der Waals surface area contributed by atoms with Crippen LogP contribution in [0.1, 0.15) is 12.0 Å². The second kappa shape index (κ2) is 8.09. The summed E-state index contributed by atoms with van der Waals surface area (Å²) in [6.07, 6.45) is 1.09. The van der Waals surface area contributed by atoms with Crippen LogP contribution in [0.5, 0.6) is 0 Å². The van der Waals surface area contributed by atoms with Gasteiger partial charge in [-0.3, -0.25) is 0 Å². The van der Waals surface area contributed by atoms with Crippen LogP contribution in [0.15, 0.2) is 24.3 Å². The third kappa shape index (κ3) is 6.29. The van der Waals surface area contributed by atoms with Crippen molar-refractivity contribution in [2.45, 2.75) is 13.3 Å². The van der Waals surface area contributed by atoms with Gasteiger partial charge in [-0.1, -0.05) is 17.7 Å². The number of nitrogens with zero attached hydrogens (tertiary/aromatic N) is 1. The molecule has 1 rings (SSSR count). The summed E-state index contributed by atoms with van der Waals surface area (Å²) in [7, 11) is 3.89. The number of methoxy groups -OCH3 is 1. The quantitative estimate of drug-likeness (QED) is 0.701. The first kappa shape index (κ1) is 14.0. The monoisotopic (exact) mass is 236 g/mol. The van der Waals surface area contributed by atoms with E-state index >= 15 is 0 Å². The van der Waals surface area contributed by atoms with Crippen LogP contribution in [-0.4, -0.2) is 45.3 Å². The minimum absolute atomic E-state index is 0.843. The fourth-order valence-corrected chi connectivity index (χ4v) is 1.65. The maximum absolute atomic E-state index is 5.03. The highest BCUT2D eigenvalue weighted by atomic mass is 16.5. The highest BCUT2D eigenvalue weighted by Crippen LogP contribution is 2.07. The fourth-order valence-electron chi connectivity index (χ4n) is 1.65. The average molecular weight is 236 g/mol. The molecule has 0 aliphatic rings. The van der Waals surface area contributed by atoms with Gasteiger partial charge in [0.05, 0.1) is 0 Å². The fraction of sp³-hybridized carbons (Fsp3) is 0.571. The Labute approximate surface area is 105 Å². The zero-order valence-electron chi connectivity index (χ0n) is 11.2. The van der Waals surface area contributed by atoms with Crippen LogP contribution in [0.4, 0.5) is 5.69 Å². The van der Waals surface area contributed by atoms with Crippen molar-refractivity contribution >= 4 is 5.69 Å². The van der Waals surface area contributed by atoms with Gasteiger partial charge in [-0.15, -0.1) is 0 Å². The zero-order chi connectivity index (χ0) is 12.5. The topological polar surface area (TPSA) is 24.5 Å². The van der Waals surface area contributed by atoms with Gasteiger partial charge in [-0.2, -0.15) is 0 Å². The van der Waals surface area contributed by atoms with E-state index in [0.29, 0.717) is 0 Å². The Hall–Kier alpha value is -1.06. The molecule has 0 aliphatic heterocycles. The molecule has 1 aromatic carbocycles. The molecule has 0 aliphatic carbocycles. The van der Waals surface area contributed by atoms with Crippen LogP contribution >= 0.6 is 0 Å². The Morgan fingerprint density at radius 3 is 2.53 bits per heavy atom. The van der Waals surface area contributed by atoms with Crippen molar-refractivity contribution in [1.29, 1.82) is 0 Å². The van der Waals surface area contributed by atoms with Gasteiger partial charge in [-0.05, 0) is 32.5 Å². The number of hydrogen-bond acceptors (Lipinski definition) is 3. The van der Waals surface area contributed by atoms with Gasteiger partial charge < -0.3 is 15.0 Å². The van der Waals surface area contributed by atoms with Crippen molar-refractivity contribution < 1.29 is 4.74 Å². The molecule has 0 heterocycles. The second-order valence-corrected chi connectivity index (χ2v) is 4.44. The van der Waals surface area contributed by atoms with E-state index in [1.807, 2.05) is 0 Å². The minimum atomic E-state index is 0.843. The molecule has 17 heavy (non-hydrogen) atoms. The number of likely N-dealkylation sites (N-methyl/N-ethyl adjacent to an activating group) is 1. The van der Waals surface area contributed by atoms with Crippen LogP contribution in [0.25, 0.3) is 0 Å². The summed E-state index contributed by atoms with van der Waals surface area (Å²) in [5.41, 5.74) is 2.49. The summed E-state index contributed by atoms with van der Waals surface area (Å²) >= 11 is 0. The lowest BCUT2D eigenvalue weighted by Crippen LogP contribution is -2.26. The number of rotatable bonds is 8. The molecule has 0 atom stereocenters. The van der Waals surface area contributed by atoms with Crippen LogP contribution < -0.4 is 5.32 Å². The van der Waals surface area contributed by atoms with Crippen molar-refractivity contribution in [2.24, 2.45) is 0 Å². The zero-order valence-corrected chi connectivity index (χ0v) is 11.2. The largest absolute Gasteiger partial charge is 0.385 e. The maximum atomic E-state index is 5.03. The molecule has 0 spiro atoms. The number of hydrogen-bond donors (Lipinski definition) is 1. The summed E-state index contributed by atoms with van der Waals surface area (Å²) in [6, 6.07) is 8.51. The lowest BCUT2D eigenvalue weighted by Gasteiger charge is -2.17. The highest BCUT2D eigenvalue weighted by Gasteiger charge is 1.97. The lowest BCUT2D eigenvalue weighted by molar-refractivity contribution is 0.180. The van der Waals surface area contributed by atoms with Gasteiger partial charge in [-0.25, -0.2) is 0 Å². The van der Waals surface area contributed by atoms with E-state index in [1.165, 1.54) is 11.3 Å². The summed E-state index contributed by atoms with van der Waals surface area (Å²) in [5.74, 6) is 0. The third-order valence-electron chi connectivity index (χ3n) is 2.76. The van der Waals surface area contributed by atoms with E-state index < -0.39 is 0 Å². The summed E-state index contributed by atoms with van der Waals surface area (Å²) < 4.78 is 5.03. The van der Waals surface area contributed by atoms with Crippen molar-refractivity contribution in [3.63, 3.8) is 0 Å². The van der Waals surface area contributed by atoms with Crippen molar-refractivity contribution in [1.82, 2.24) is 4.90 Å². The Morgan fingerprint density at radius 2 is 1.88 bits per heavy atom. The maximum Gasteiger partial charge on any atom is 0.0474 e. The molecular weight excluding hydrogens is 212 g/mol. The van der Waals surface area contributed by atoms with Crippen molar-refractivity contribution in [3.05, 3.63) is 29.8 Å². The first-order valence-electron chi connectivity index (χ1n) is 6.20. The molecule has 1 N–H and O–H groups in total. The number of benzene rings is 1. The smallest absolute Gasteiger partial charge is 0.0474 e. The predicted octanol–water partition coefficient (Wildman–Crippen LogP) is 2.38. The number of aryl methyl sites for hydroxylation is 1. The Balaban J connectivity index is 2.12. The standard InChI is InChI=1S/C14H24N2O/c1-13-5-7-14(8-6-13)15-9-11-16(2)10-4-12-17-3/h5-8,15H,4,9-12H2,1-3H3. The van der Waals surface area contributed by atoms with E-state index in [0.717, 1.165) is 32.7 Å². The SMILES string of the molecule is COCCCN(C)CCNc1ccc(C)cc1. The molecule has 1 aromatic rings. The van der Waals surface area contributed by atoms with Gasteiger partial charge in [0.25, 0.3) is 0 Å². The molecule has 0 radical (unpaired) electrons. The molecule has 0 amide bonds. The third-order valence-corrected chi connectivity index (χ3v) is 2.76. The Bertz CT molecular complexity index is 298. The Morgan fingerprint density at radius 1 is 1.18 bits per heavy atom. The summed E-state index contributed by atoms with van der Waals surface area (Å²) in [4.78, 5) is 2.32. The van der Waals surface area contributed by atoms with Gasteiger partial charge in [0.1, 0.15) is 0 Å². The van der Waals surface area contributed by atoms with Crippen molar-refractivity contribution in [3.8, 4) is 0 Å². The van der Waals surface area contributed by atoms with Gasteiger partial charge in [0.2, 0.25) is 0 Å². The van der Waals surface area contributed by atoms with Crippen LogP contribution in [-0.2, 0) is 4.74 Å². The van der Waals surface area contributed by atoms with E-state index in [1.54, 1.807) is 7.11 Å². The Kier molecular flexibility index (Phi) is 6.67. The molecule has 3 nitrogen and oxygen atoms in total. The van der Waals surface area contributed by atoms with Gasteiger partial charge >= 0.3 is 0 Å². The molecule has 0 fully saturated rings. The molecule has 0 saturated carbocycles. The molecule has 0 bridgehead atoms. The van der Waals surface area contributed by atoms with Gasteiger partial charge in [0, 0.05) is 39.0 Å². The molecular formula is C14H24N2O. The van der Waals surface area contributed by atoms with E-state index in [-0.39, 0.29) is 0 Å². The van der Waals surface area contributed by atoms with E-state index in [2.05, 4.69) is 48.5 Å². The number of ether oxygens (including phenoxy) is 1. The molecule has 3 heteroatoms. The van der Waals surface area contributed by atoms with Gasteiger partial charge in [0.15, 0.2) is 0 Å². The van der Waals surface area contributed by atoms with Crippen LogP contribution in [0.3, 0.4) is 0 Å². The normalized spacial score (nSPS) is 10.8. The molecule has 96 valence electrons. The summed E-state index contributed by atoms with van der Waals surface area (Å²) in [6.45, 7) is 6.07. The number of nitrogens with one attached hydrogen (secondary N) is 1. The van der Waals surface area contributed by atoms with Crippen molar-refractivity contribution in [2.75, 3.05) is 45.7 Å². The lowest BCUT2D eigenvalue weighted by atomic mass is 10.2. The first-order chi connectivity index (χ1) is 8.22. The molecule has 0 aromatic heterocycles. The number of anilines is 1. The minimum Gasteiger partial charge on any atom is -0.385 e. The van der Waals surface area contributed by atoms with Crippen LogP contribution in [0, 0.1) is 6.92 Å². The molecule has 0 saturated heterocycles. The van der Waals surface area contributed by atoms with Crippen LogP contribution in [0.2, 0.25) is 0 Å².